The van der Waals surface area contributed by atoms with Gasteiger partial charge in [0, 0.05) is 18.5 Å². The number of hydrogen-bond donors (Lipinski definition) is 1. The molecule has 0 saturated carbocycles. The summed E-state index contributed by atoms with van der Waals surface area (Å²) in [5.41, 5.74) is 1.22. The van der Waals surface area contributed by atoms with E-state index in [0.717, 1.165) is 45.8 Å². The van der Waals surface area contributed by atoms with Gasteiger partial charge in [0.05, 0.1) is 5.69 Å². The van der Waals surface area contributed by atoms with E-state index < -0.39 is 0 Å². The normalized spacial score (nSPS) is 11.7. The van der Waals surface area contributed by atoms with Crippen molar-refractivity contribution in [1.29, 1.82) is 0 Å². The van der Waals surface area contributed by atoms with Gasteiger partial charge in [-0.25, -0.2) is 4.98 Å². The van der Waals surface area contributed by atoms with Gasteiger partial charge < -0.3 is 10.2 Å². The highest BCUT2D eigenvalue weighted by Crippen LogP contribution is 2.12. The number of aromatic nitrogens is 1. The van der Waals surface area contributed by atoms with Crippen LogP contribution in [0.5, 0.6) is 0 Å². The zero-order valence-electron chi connectivity index (χ0n) is 14.2. The van der Waals surface area contributed by atoms with E-state index in [4.69, 9.17) is 4.98 Å². The molecule has 0 spiro atoms. The lowest BCUT2D eigenvalue weighted by atomic mass is 10.3. The van der Waals surface area contributed by atoms with E-state index in [2.05, 4.69) is 48.2 Å². The first-order valence-corrected chi connectivity index (χ1v) is 9.20. The summed E-state index contributed by atoms with van der Waals surface area (Å²) in [6, 6.07) is 0. The van der Waals surface area contributed by atoms with Crippen molar-refractivity contribution in [3.8, 4) is 0 Å². The summed E-state index contributed by atoms with van der Waals surface area (Å²) < 4.78 is 0. The number of thiazole rings is 1. The van der Waals surface area contributed by atoms with Crippen LogP contribution in [0.25, 0.3) is 0 Å². The smallest absolute Gasteiger partial charge is 0.107 e. The van der Waals surface area contributed by atoms with Gasteiger partial charge in [-0.15, -0.1) is 11.3 Å². The van der Waals surface area contributed by atoms with Crippen molar-refractivity contribution in [1.82, 2.24) is 20.1 Å². The lowest BCUT2D eigenvalue weighted by Crippen LogP contribution is -2.29. The Morgan fingerprint density at radius 1 is 1.05 bits per heavy atom. The molecule has 0 amide bonds. The van der Waals surface area contributed by atoms with Crippen LogP contribution < -0.4 is 5.32 Å². The van der Waals surface area contributed by atoms with Gasteiger partial charge in [0.25, 0.3) is 0 Å². The van der Waals surface area contributed by atoms with Crippen LogP contribution in [0.15, 0.2) is 5.38 Å². The van der Waals surface area contributed by atoms with Crippen molar-refractivity contribution in [3.05, 3.63) is 16.1 Å². The van der Waals surface area contributed by atoms with E-state index in [0.29, 0.717) is 0 Å². The molecule has 122 valence electrons. The average molecular weight is 313 g/mol. The molecule has 4 nitrogen and oxygen atoms in total. The highest BCUT2D eigenvalue weighted by molar-refractivity contribution is 7.09. The molecule has 1 aromatic heterocycles. The second-order valence-electron chi connectivity index (χ2n) is 5.26. The van der Waals surface area contributed by atoms with Gasteiger partial charge in [-0.3, -0.25) is 4.90 Å². The predicted molar refractivity (Wildman–Crippen MR) is 92.9 cm³/mol. The van der Waals surface area contributed by atoms with Crippen LogP contribution in [-0.4, -0.2) is 54.1 Å². The Morgan fingerprint density at radius 2 is 1.71 bits per heavy atom. The van der Waals surface area contributed by atoms with E-state index >= 15 is 0 Å². The fourth-order valence-electron chi connectivity index (χ4n) is 2.37. The lowest BCUT2D eigenvalue weighted by Gasteiger charge is -2.22. The van der Waals surface area contributed by atoms with Gasteiger partial charge in [0.15, 0.2) is 0 Å². The zero-order valence-corrected chi connectivity index (χ0v) is 15.0. The van der Waals surface area contributed by atoms with Crippen molar-refractivity contribution in [2.24, 2.45) is 0 Å². The van der Waals surface area contributed by atoms with E-state index in [1.54, 1.807) is 11.3 Å². The molecule has 0 aliphatic heterocycles. The van der Waals surface area contributed by atoms with Crippen LogP contribution in [0.2, 0.25) is 0 Å². The van der Waals surface area contributed by atoms with Crippen LogP contribution in [0.3, 0.4) is 0 Å². The average Bonchev–Trinajstić information content (AvgIpc) is 2.95. The van der Waals surface area contributed by atoms with E-state index in [1.807, 2.05) is 0 Å². The van der Waals surface area contributed by atoms with Crippen LogP contribution >= 0.6 is 11.3 Å². The quantitative estimate of drug-likeness (QED) is 0.643. The van der Waals surface area contributed by atoms with Gasteiger partial charge >= 0.3 is 0 Å². The van der Waals surface area contributed by atoms with Crippen molar-refractivity contribution in [3.63, 3.8) is 0 Å². The molecule has 0 bridgehead atoms. The van der Waals surface area contributed by atoms with Crippen LogP contribution in [0.4, 0.5) is 0 Å². The Hall–Kier alpha value is -0.490. The van der Waals surface area contributed by atoms with Gasteiger partial charge in [-0.05, 0) is 45.7 Å². The second-order valence-corrected chi connectivity index (χ2v) is 6.20. The Kier molecular flexibility index (Phi) is 9.83. The molecule has 0 saturated heterocycles. The van der Waals surface area contributed by atoms with E-state index in [1.165, 1.54) is 23.7 Å². The summed E-state index contributed by atoms with van der Waals surface area (Å²) in [6.07, 6.45) is 1.24. The van der Waals surface area contributed by atoms with Crippen molar-refractivity contribution >= 4 is 11.3 Å². The summed E-state index contributed by atoms with van der Waals surface area (Å²) in [7, 11) is 0. The highest BCUT2D eigenvalue weighted by Gasteiger charge is 2.08. The molecule has 0 aromatic carbocycles. The molecule has 0 atom stereocenters. The van der Waals surface area contributed by atoms with Gasteiger partial charge in [0.1, 0.15) is 5.01 Å². The molecule has 0 unspecified atom stereocenters. The van der Waals surface area contributed by atoms with Gasteiger partial charge in [-0.2, -0.15) is 0 Å². The monoisotopic (exact) mass is 312 g/mol. The van der Waals surface area contributed by atoms with Crippen LogP contribution in [-0.2, 0) is 13.1 Å². The minimum absolute atomic E-state index is 0.898. The van der Waals surface area contributed by atoms with Gasteiger partial charge in [0.2, 0.25) is 0 Å². The van der Waals surface area contributed by atoms with Crippen molar-refractivity contribution < 1.29 is 0 Å². The second kappa shape index (κ2) is 11.1. The summed E-state index contributed by atoms with van der Waals surface area (Å²) in [5.74, 6) is 0. The molecule has 0 aliphatic carbocycles. The standard InChI is InChI=1S/C16H32N4S/c1-5-17-12-16-18-15(14-21-16)13-20(8-4)11-9-10-19(6-2)7-3/h14,17H,5-13H2,1-4H3. The Labute approximate surface area is 134 Å². The molecule has 21 heavy (non-hydrogen) atoms. The topological polar surface area (TPSA) is 31.4 Å². The molecule has 0 radical (unpaired) electrons. The fraction of sp³-hybridized carbons (Fsp3) is 0.812. The molecule has 1 N–H and O–H groups in total. The highest BCUT2D eigenvalue weighted by atomic mass is 32.1. The molecule has 1 heterocycles. The third-order valence-electron chi connectivity index (χ3n) is 3.80. The summed E-state index contributed by atoms with van der Waals surface area (Å²) in [4.78, 5) is 9.70. The van der Waals surface area contributed by atoms with Crippen LogP contribution in [0.1, 0.15) is 44.8 Å². The lowest BCUT2D eigenvalue weighted by molar-refractivity contribution is 0.237. The third kappa shape index (κ3) is 7.36. The molecule has 1 rings (SSSR count). The van der Waals surface area contributed by atoms with Crippen molar-refractivity contribution in [2.75, 3.05) is 39.3 Å². The molecule has 1 aromatic rings. The van der Waals surface area contributed by atoms with E-state index in [-0.39, 0.29) is 0 Å². The van der Waals surface area contributed by atoms with Gasteiger partial charge in [-0.1, -0.05) is 27.7 Å². The number of rotatable bonds is 12. The first-order valence-electron chi connectivity index (χ1n) is 8.32. The molecule has 0 fully saturated rings. The predicted octanol–water partition coefficient (Wildman–Crippen LogP) is 2.81. The largest absolute Gasteiger partial charge is 0.311 e. The molecule has 0 aliphatic rings. The minimum atomic E-state index is 0.898. The minimum Gasteiger partial charge on any atom is -0.311 e. The summed E-state index contributed by atoms with van der Waals surface area (Å²) >= 11 is 1.77. The maximum absolute atomic E-state index is 4.71. The SMILES string of the molecule is CCNCc1nc(CN(CC)CCCN(CC)CC)cs1. The zero-order chi connectivity index (χ0) is 15.5. The third-order valence-corrected chi connectivity index (χ3v) is 4.70. The first kappa shape index (κ1) is 18.6. The van der Waals surface area contributed by atoms with E-state index in [9.17, 15) is 0 Å². The summed E-state index contributed by atoms with van der Waals surface area (Å²) in [5, 5.41) is 6.74. The maximum Gasteiger partial charge on any atom is 0.107 e. The molecular formula is C16H32N4S. The molecule has 5 heteroatoms. The fourth-order valence-corrected chi connectivity index (χ4v) is 3.13. The first-order chi connectivity index (χ1) is 10.2. The summed E-state index contributed by atoms with van der Waals surface area (Å²) in [6.45, 7) is 17.5. The van der Waals surface area contributed by atoms with Crippen molar-refractivity contribution in [2.45, 2.75) is 47.2 Å². The number of nitrogens with zero attached hydrogens (tertiary/aromatic N) is 3. The Morgan fingerprint density at radius 3 is 2.33 bits per heavy atom. The Balaban J connectivity index is 2.34. The van der Waals surface area contributed by atoms with Crippen LogP contribution in [0, 0.1) is 0 Å². The molecular weight excluding hydrogens is 280 g/mol. The Bertz CT molecular complexity index is 363. The number of nitrogens with one attached hydrogen (secondary N) is 1. The number of hydrogen-bond acceptors (Lipinski definition) is 5. The maximum atomic E-state index is 4.71.